The van der Waals surface area contributed by atoms with E-state index in [1.165, 1.54) is 0 Å². The number of aromatic nitrogens is 2. The molecule has 0 saturated carbocycles. The molecule has 2 N–H and O–H groups in total. The van der Waals surface area contributed by atoms with Gasteiger partial charge in [-0.1, -0.05) is 55.5 Å². The predicted molar refractivity (Wildman–Crippen MR) is 163 cm³/mol. The van der Waals surface area contributed by atoms with Crippen LogP contribution in [0, 0.1) is 0 Å². The van der Waals surface area contributed by atoms with Crippen molar-refractivity contribution in [1.82, 2.24) is 20.2 Å². The van der Waals surface area contributed by atoms with Crippen molar-refractivity contribution < 1.29 is 37.1 Å². The van der Waals surface area contributed by atoms with Gasteiger partial charge in [-0.2, -0.15) is 13.2 Å². The van der Waals surface area contributed by atoms with Gasteiger partial charge in [-0.05, 0) is 36.6 Å². The van der Waals surface area contributed by atoms with E-state index in [0.717, 1.165) is 16.5 Å². The summed E-state index contributed by atoms with van der Waals surface area (Å²) in [6, 6.07) is 17.5. The molecule has 3 heterocycles. The minimum atomic E-state index is -5.24. The van der Waals surface area contributed by atoms with Crippen molar-refractivity contribution in [3.8, 4) is 11.4 Å². The van der Waals surface area contributed by atoms with Gasteiger partial charge in [-0.3, -0.25) is 24.0 Å². The van der Waals surface area contributed by atoms with Gasteiger partial charge >= 0.3 is 18.1 Å². The van der Waals surface area contributed by atoms with Crippen LogP contribution in [0.15, 0.2) is 71.5 Å². The van der Waals surface area contributed by atoms with Crippen LogP contribution < -0.4 is 16.2 Å². The summed E-state index contributed by atoms with van der Waals surface area (Å²) in [7, 11) is 0. The second kappa shape index (κ2) is 12.1. The minimum absolute atomic E-state index is 0.0162. The monoisotopic (exact) mass is 646 g/mol. The molecule has 0 bridgehead atoms. The van der Waals surface area contributed by atoms with E-state index in [-0.39, 0.29) is 36.8 Å². The fourth-order valence-corrected chi connectivity index (χ4v) is 6.29. The Bertz CT molecular complexity index is 1990. The van der Waals surface area contributed by atoms with Crippen molar-refractivity contribution in [2.75, 3.05) is 6.54 Å². The number of amides is 2. The average molecular weight is 647 g/mol. The highest BCUT2D eigenvalue weighted by Gasteiger charge is 2.48. The van der Waals surface area contributed by atoms with Gasteiger partial charge in [0.25, 0.3) is 5.56 Å². The van der Waals surface area contributed by atoms with Crippen LogP contribution in [-0.2, 0) is 48.9 Å². The van der Waals surface area contributed by atoms with Gasteiger partial charge in [0, 0.05) is 34.9 Å². The van der Waals surface area contributed by atoms with Gasteiger partial charge in [0.05, 0.1) is 23.4 Å². The fraction of sp³-hybridized carbons (Fsp3) is 0.294. The summed E-state index contributed by atoms with van der Waals surface area (Å²) in [5.41, 5.74) is 1.51. The fourth-order valence-electron chi connectivity index (χ4n) is 6.29. The highest BCUT2D eigenvalue weighted by molar-refractivity contribution is 5.95. The Labute approximate surface area is 265 Å². The number of para-hydroxylation sites is 1. The van der Waals surface area contributed by atoms with Crippen molar-refractivity contribution in [2.24, 2.45) is 0 Å². The molecule has 1 unspecified atom stereocenters. The Balaban J connectivity index is 1.26. The van der Waals surface area contributed by atoms with Gasteiger partial charge in [0.1, 0.15) is 12.6 Å². The number of Topliss-reactive ketones (excluding diaryl/α,β-unsaturated/α-hetero) is 1. The quantitative estimate of drug-likeness (QED) is 0.247. The average Bonchev–Trinajstić information content (AvgIpc) is 3.41. The van der Waals surface area contributed by atoms with Crippen molar-refractivity contribution in [2.45, 2.75) is 57.0 Å². The smallest absolute Gasteiger partial charge is 0.445 e. The first kappa shape index (κ1) is 31.6. The first-order valence-electron chi connectivity index (χ1n) is 15.0. The predicted octanol–water partition coefficient (Wildman–Crippen LogP) is 3.50. The number of alkyl halides is 3. The molecular weight excluding hydrogens is 617 g/mol. The van der Waals surface area contributed by atoms with Crippen LogP contribution in [0.4, 0.5) is 13.2 Å². The van der Waals surface area contributed by atoms with Gasteiger partial charge in [0.2, 0.25) is 5.91 Å². The summed E-state index contributed by atoms with van der Waals surface area (Å²) in [6.07, 6.45) is -5.45. The summed E-state index contributed by atoms with van der Waals surface area (Å²) >= 11 is 0. The van der Waals surface area contributed by atoms with E-state index in [1.54, 1.807) is 53.2 Å². The number of esters is 1. The lowest BCUT2D eigenvalue weighted by molar-refractivity contribution is -0.174. The highest BCUT2D eigenvalue weighted by Crippen LogP contribution is 2.41. The topological polar surface area (TPSA) is 136 Å². The summed E-state index contributed by atoms with van der Waals surface area (Å²) in [5.74, 6) is -4.85. The van der Waals surface area contributed by atoms with E-state index < -0.39 is 47.9 Å². The molecule has 10 nitrogen and oxygen atoms in total. The summed E-state index contributed by atoms with van der Waals surface area (Å²) < 4.78 is 46.4. The summed E-state index contributed by atoms with van der Waals surface area (Å²) in [5, 5.41) is 4.81. The van der Waals surface area contributed by atoms with E-state index in [4.69, 9.17) is 9.72 Å². The molecule has 47 heavy (non-hydrogen) atoms. The van der Waals surface area contributed by atoms with E-state index in [1.807, 2.05) is 30.3 Å². The van der Waals surface area contributed by atoms with Crippen LogP contribution in [0.1, 0.15) is 42.0 Å². The Kier molecular flexibility index (Phi) is 8.16. The van der Waals surface area contributed by atoms with Crippen LogP contribution in [0.5, 0.6) is 0 Å². The molecular formula is C34H29F3N4O6. The van der Waals surface area contributed by atoms with Gasteiger partial charge in [0.15, 0.2) is 11.4 Å². The molecule has 6 rings (SSSR count). The first-order valence-corrected chi connectivity index (χ1v) is 15.0. The molecule has 0 saturated heterocycles. The lowest BCUT2D eigenvalue weighted by atomic mass is 9.76. The number of fused-ring (bicyclic) bond motifs is 5. The molecule has 13 heteroatoms. The number of hydrogen-bond acceptors (Lipinski definition) is 7. The Hall–Kier alpha value is -5.33. The number of hydrogen-bond donors (Lipinski definition) is 2. The van der Waals surface area contributed by atoms with Crippen LogP contribution >= 0.6 is 0 Å². The van der Waals surface area contributed by atoms with Crippen molar-refractivity contribution in [3.05, 3.63) is 99.3 Å². The third-order valence-electron chi connectivity index (χ3n) is 8.62. The molecule has 2 atom stereocenters. The van der Waals surface area contributed by atoms with E-state index in [9.17, 15) is 37.1 Å². The number of carbonyl (C=O) groups is 4. The van der Waals surface area contributed by atoms with E-state index in [0.29, 0.717) is 29.1 Å². The first-order chi connectivity index (χ1) is 22.4. The van der Waals surface area contributed by atoms with Crippen LogP contribution in [0.3, 0.4) is 0 Å². The summed E-state index contributed by atoms with van der Waals surface area (Å²) in [4.78, 5) is 69.9. The lowest BCUT2D eigenvalue weighted by Crippen LogP contribution is -2.53. The second-order valence-corrected chi connectivity index (χ2v) is 11.5. The number of nitrogens with zero attached hydrogens (tertiary/aromatic N) is 2. The molecule has 1 aliphatic carbocycles. The number of nitrogens with one attached hydrogen (secondary N) is 2. The molecule has 2 aromatic carbocycles. The highest BCUT2D eigenvalue weighted by atomic mass is 19.4. The number of rotatable bonds is 8. The zero-order valence-corrected chi connectivity index (χ0v) is 25.1. The molecule has 4 aromatic rings. The summed E-state index contributed by atoms with van der Waals surface area (Å²) in [6.45, 7) is 1.12. The number of pyridine rings is 2. The molecule has 2 aliphatic rings. The number of halogens is 3. The lowest BCUT2D eigenvalue weighted by Gasteiger charge is -2.36. The van der Waals surface area contributed by atoms with Crippen molar-refractivity contribution >= 4 is 34.5 Å². The Morgan fingerprint density at radius 3 is 2.47 bits per heavy atom. The molecule has 242 valence electrons. The number of carbonyl (C=O) groups excluding carboxylic acids is 4. The van der Waals surface area contributed by atoms with Crippen LogP contribution in [0.25, 0.3) is 22.3 Å². The largest absolute Gasteiger partial charge is 0.471 e. The SMILES string of the molecule is CC[C@@]1(OC(=O)CNC(=O)C(Cc2ccccc2)NC(=O)C(F)(F)F)C(=O)CCc2c1cc1n(c2=O)Cc2cc3ccccc3nc2-1. The van der Waals surface area contributed by atoms with Gasteiger partial charge in [-0.25, -0.2) is 4.98 Å². The van der Waals surface area contributed by atoms with Crippen molar-refractivity contribution in [3.63, 3.8) is 0 Å². The van der Waals surface area contributed by atoms with E-state index >= 15 is 0 Å². The van der Waals surface area contributed by atoms with E-state index in [2.05, 4.69) is 5.32 Å². The number of ketones is 1. The zero-order valence-electron chi connectivity index (χ0n) is 25.1. The molecule has 2 amide bonds. The van der Waals surface area contributed by atoms with Crippen LogP contribution in [-0.4, -0.2) is 51.9 Å². The Morgan fingerprint density at radius 2 is 1.74 bits per heavy atom. The van der Waals surface area contributed by atoms with Crippen molar-refractivity contribution in [1.29, 1.82) is 0 Å². The molecule has 0 radical (unpaired) electrons. The van der Waals surface area contributed by atoms with Gasteiger partial charge in [-0.15, -0.1) is 0 Å². The Morgan fingerprint density at radius 1 is 1.02 bits per heavy atom. The third-order valence-corrected chi connectivity index (χ3v) is 8.62. The molecule has 0 fully saturated rings. The van der Waals surface area contributed by atoms with Crippen LogP contribution in [0.2, 0.25) is 0 Å². The maximum atomic E-state index is 13.8. The number of benzene rings is 2. The maximum Gasteiger partial charge on any atom is 0.471 e. The molecule has 2 aromatic heterocycles. The molecule has 0 spiro atoms. The third kappa shape index (κ3) is 5.88. The standard InChI is InChI=1S/C34H29F3N4O6/c1-2-33(47-28(43)17-38-30(44)25(40-32(46)34(35,36)37)14-19-8-4-3-5-9-19)23-16-26-29-21(15-20-10-6-7-11-24(20)39-29)18-41(26)31(45)22(23)12-13-27(33)42/h3-11,15-16,25H,2,12-14,17-18H2,1H3,(H,38,44)(H,40,46)/t25?,33-/m0/s1. The zero-order chi connectivity index (χ0) is 33.5. The normalized spacial score (nSPS) is 17.3. The van der Waals surface area contributed by atoms with Gasteiger partial charge < -0.3 is 19.9 Å². The molecule has 1 aliphatic heterocycles. The maximum absolute atomic E-state index is 13.8. The number of ether oxygens (including phenoxy) is 1. The minimum Gasteiger partial charge on any atom is -0.445 e. The second-order valence-electron chi connectivity index (χ2n) is 11.5.